The number of halogens is 1. The molecule has 0 aromatic rings. The summed E-state index contributed by atoms with van der Waals surface area (Å²) in [6.07, 6.45) is 14.7. The van der Waals surface area contributed by atoms with Crippen LogP contribution >= 0.6 is 0 Å². The fourth-order valence-corrected chi connectivity index (χ4v) is 20.3. The lowest BCUT2D eigenvalue weighted by molar-refractivity contribution is -0.142. The van der Waals surface area contributed by atoms with Crippen molar-refractivity contribution in [1.82, 2.24) is 39.2 Å². The molecule has 8 saturated heterocycles. The van der Waals surface area contributed by atoms with Crippen molar-refractivity contribution < 1.29 is 13.3 Å². The number of likely N-dealkylation sites (tertiary alicyclic amines) is 8. The van der Waals surface area contributed by atoms with Gasteiger partial charge in [0.05, 0.1) is 6.04 Å². The fraction of sp³-hybridized carbons (Fsp3) is 0.989. The van der Waals surface area contributed by atoms with Crippen LogP contribution in [0.25, 0.3) is 0 Å². The zero-order chi connectivity index (χ0) is 75.7. The molecular formula is C90H189FN8O. The molecule has 1 amide bonds. The van der Waals surface area contributed by atoms with Gasteiger partial charge in [-0.05, 0) is 301 Å². The Bertz CT molecular complexity index is 2340. The number of alkyl halides is 1. The van der Waals surface area contributed by atoms with Gasteiger partial charge in [0.25, 0.3) is 0 Å². The van der Waals surface area contributed by atoms with E-state index in [-0.39, 0.29) is 70.6 Å². The number of nitrogens with zero attached hydrogens (tertiary/aromatic N) is 8. The number of amides is 1. The third-order valence-corrected chi connectivity index (χ3v) is 24.4. The average molecular weight is 1420 g/mol. The number of fused-ring (bicyclic) bond motifs is 6. The summed E-state index contributed by atoms with van der Waals surface area (Å²) in [4.78, 5) is 33.7. The molecule has 6 aliphatic carbocycles. The monoisotopic (exact) mass is 1420 g/mol. The van der Waals surface area contributed by atoms with Gasteiger partial charge in [-0.2, -0.15) is 0 Å². The maximum Gasteiger partial charge on any atom is 0.240 e. The first-order chi connectivity index (χ1) is 45.0. The summed E-state index contributed by atoms with van der Waals surface area (Å²) >= 11 is 0. The van der Waals surface area contributed by atoms with Gasteiger partial charge >= 0.3 is 0 Å². The van der Waals surface area contributed by atoms with E-state index in [4.69, 9.17) is 4.11 Å². The molecule has 14 rings (SSSR count). The molecule has 0 radical (unpaired) electrons. The number of carbonyl (C=O) groups is 1. The minimum atomic E-state index is -1.77. The molecule has 100 heavy (non-hydrogen) atoms. The van der Waals surface area contributed by atoms with Crippen LogP contribution in [-0.4, -0.2) is 191 Å². The minimum Gasteiger partial charge on any atom is -0.337 e. The molecule has 14 fully saturated rings. The molecule has 6 saturated carbocycles. The highest BCUT2D eigenvalue weighted by Gasteiger charge is 2.67. The summed E-state index contributed by atoms with van der Waals surface area (Å²) < 4.78 is 35.9. The fourth-order valence-electron chi connectivity index (χ4n) is 20.3. The van der Waals surface area contributed by atoms with Crippen LogP contribution in [0.1, 0.15) is 374 Å². The first-order valence-corrected chi connectivity index (χ1v) is 40.8. The van der Waals surface area contributed by atoms with Crippen LogP contribution in [0.3, 0.4) is 0 Å². The molecule has 14 aliphatic rings. The predicted octanol–water partition coefficient (Wildman–Crippen LogP) is 23.6. The molecule has 9 nitrogen and oxygen atoms in total. The summed E-state index contributed by atoms with van der Waals surface area (Å²) in [6.45, 7) is 87.1. The Morgan fingerprint density at radius 2 is 0.800 bits per heavy atom. The van der Waals surface area contributed by atoms with Crippen LogP contribution in [0.2, 0.25) is 0 Å². The topological polar surface area (TPSA) is 43.0 Å². The van der Waals surface area contributed by atoms with E-state index in [0.717, 1.165) is 91.5 Å². The molecule has 0 N–H and O–H groups in total. The number of carbonyl (C=O) groups excluding carboxylic acids is 1. The summed E-state index contributed by atoms with van der Waals surface area (Å²) in [5.74, 6) is 7.68. The Balaban J connectivity index is 0. The normalized spacial score (nSPS) is 37.4. The Morgan fingerprint density at radius 3 is 1.12 bits per heavy atom. The van der Waals surface area contributed by atoms with Gasteiger partial charge in [0.2, 0.25) is 5.91 Å². The summed E-state index contributed by atoms with van der Waals surface area (Å²) in [5, 5.41) is 0. The van der Waals surface area contributed by atoms with E-state index in [1.165, 1.54) is 90.5 Å². The van der Waals surface area contributed by atoms with Crippen LogP contribution in [0.15, 0.2) is 0 Å². The molecule has 602 valence electrons. The van der Waals surface area contributed by atoms with Gasteiger partial charge in [-0.1, -0.05) is 140 Å². The van der Waals surface area contributed by atoms with Crippen LogP contribution in [-0.2, 0) is 4.79 Å². The van der Waals surface area contributed by atoms with E-state index in [1.54, 1.807) is 0 Å². The van der Waals surface area contributed by atoms with Gasteiger partial charge in [0, 0.05) is 130 Å². The van der Waals surface area contributed by atoms with Crippen molar-refractivity contribution in [3.63, 3.8) is 0 Å². The zero-order valence-corrected chi connectivity index (χ0v) is 70.4. The lowest BCUT2D eigenvalue weighted by Crippen LogP contribution is -2.57. The highest BCUT2D eigenvalue weighted by Crippen LogP contribution is 2.63. The van der Waals surface area contributed by atoms with Crippen LogP contribution in [0, 0.1) is 63.6 Å². The van der Waals surface area contributed by atoms with Gasteiger partial charge in [0.1, 0.15) is 6.17 Å². The van der Waals surface area contributed by atoms with E-state index in [9.17, 15) is 9.18 Å². The van der Waals surface area contributed by atoms with Crippen molar-refractivity contribution in [3.05, 3.63) is 0 Å². The number of hydrogen-bond acceptors (Lipinski definition) is 8. The van der Waals surface area contributed by atoms with E-state index >= 15 is 0 Å². The maximum absolute atomic E-state index is 13.4. The average Bonchev–Trinajstić information content (AvgIpc) is 1.52. The molecule has 0 aromatic carbocycles. The molecule has 0 aromatic heterocycles. The molecule has 5 unspecified atom stereocenters. The molecule has 0 bridgehead atoms. The second-order valence-electron chi connectivity index (χ2n) is 38.9. The predicted molar refractivity (Wildman–Crippen MR) is 448 cm³/mol. The van der Waals surface area contributed by atoms with Gasteiger partial charge < -0.3 is 9.80 Å². The zero-order valence-electron chi connectivity index (χ0n) is 73.4. The lowest BCUT2D eigenvalue weighted by atomic mass is 9.83. The first-order valence-electron chi connectivity index (χ1n) is 42.3. The van der Waals surface area contributed by atoms with Gasteiger partial charge in [-0.15, -0.1) is 0 Å². The standard InChI is InChI=1S/C19H32N2O.C16H30N2.C11H21N.2C10H19N.C9H18FN.5C2H6.5CH4/c1-18(2,3)16-14-8-11(14)9-20(16)17(22)15-13-7-12(13)10-21(15)19(4,5)6;1-13-10-16(12-17-8-6-5-7-9-17)11-14(16)18(13)15(2,3)4;1-8-6-11(5)7-9(11)12(8)10(2,3)4;2*1-7-9-5-8(9)6-11(7)10(2,3)4;1-7-5-8(10)6-11(7)9(2,3)4;5*1-2;;;;;/h11-16H,7-10H2,1-6H3;13-14H,5-12H2,1-4H3;8-9H,6-7H2,1-5H3;2*7-9H,5-6H2,1-4H3;7-8H,5-6H2,1-4H3;5*1-2H3;5*1H4/t11-,12-,13-,14-,15+,16?;;8-,9-,11+;7-,8?,9-;7-,8-,9+;7-,8-;;;;;;;;;;/m1.1111........../s1/i;;5D3;;;;;;;;;;;;;. The number of piperidine rings is 7. The maximum atomic E-state index is 13.4. The van der Waals surface area contributed by atoms with Crippen molar-refractivity contribution in [1.29, 1.82) is 0 Å². The second-order valence-corrected chi connectivity index (χ2v) is 38.9. The minimum absolute atomic E-state index is 0. The quantitative estimate of drug-likeness (QED) is 0.277. The van der Waals surface area contributed by atoms with E-state index in [0.29, 0.717) is 71.0 Å². The molecule has 10 heteroatoms. The van der Waals surface area contributed by atoms with Crippen molar-refractivity contribution in [3.8, 4) is 0 Å². The van der Waals surface area contributed by atoms with E-state index in [1.807, 2.05) is 69.2 Å². The summed E-state index contributed by atoms with van der Waals surface area (Å²) in [5.41, 5.74) is 1.97. The molecule has 8 heterocycles. The first kappa shape index (κ1) is 95.2. The number of hydrogen-bond donors (Lipinski definition) is 0. The molecule has 20 atom stereocenters. The van der Waals surface area contributed by atoms with Gasteiger partial charge in [0.15, 0.2) is 0 Å². The van der Waals surface area contributed by atoms with Gasteiger partial charge in [-0.3, -0.25) is 34.2 Å². The Morgan fingerprint density at radius 1 is 0.420 bits per heavy atom. The largest absolute Gasteiger partial charge is 0.337 e. The second kappa shape index (κ2) is 39.0. The van der Waals surface area contributed by atoms with Gasteiger partial charge in [-0.25, -0.2) is 4.39 Å². The molecule has 8 aliphatic heterocycles. The number of rotatable bonds is 3. The Labute approximate surface area is 635 Å². The third kappa shape index (κ3) is 24.8. The van der Waals surface area contributed by atoms with E-state index < -0.39 is 13.0 Å². The van der Waals surface area contributed by atoms with Crippen molar-refractivity contribution in [2.24, 2.45) is 63.6 Å². The highest BCUT2D eigenvalue weighted by molar-refractivity contribution is 5.84. The van der Waals surface area contributed by atoms with Crippen molar-refractivity contribution in [2.45, 2.75) is 464 Å². The molecular weight excluding hydrogens is 1230 g/mol. The Hall–Kier alpha value is -0.880. The van der Waals surface area contributed by atoms with Crippen LogP contribution in [0.4, 0.5) is 4.39 Å². The van der Waals surface area contributed by atoms with Crippen LogP contribution < -0.4 is 0 Å². The third-order valence-electron chi connectivity index (χ3n) is 24.4. The smallest absolute Gasteiger partial charge is 0.240 e. The lowest BCUT2D eigenvalue weighted by Gasteiger charge is -2.43. The summed E-state index contributed by atoms with van der Waals surface area (Å²) in [7, 11) is 0. The van der Waals surface area contributed by atoms with Crippen molar-refractivity contribution in [2.75, 3.05) is 52.4 Å². The summed E-state index contributed by atoms with van der Waals surface area (Å²) in [6, 6.07) is 5.09. The highest BCUT2D eigenvalue weighted by atomic mass is 19.1. The SMILES string of the molecule is C.C.C.C.C.CC.CC.CC.CC.CC.CC(C)(C)C1[C@@H]2C[C@@H]2CN1C(=O)[C@@H]1[C@@H]2C[C@@H]2CN1C(C)(C)C.CC1CC2(CN3CCCCC3)CC2N1C(C)(C)C.C[C@@H]1C[C@@H](F)CN1C(C)(C)C.C[C@@H]1[C@@H]2C[C@@H]2CN1C(C)(C)C.C[C@@H]1[C@H]2CC2CN1C(C)(C)C.[2H]C([2H])([2H])[C@@]12C[C@@H](C)N(C(C)(C)C)[C@@H]1C2. The Kier molecular flexibility index (Phi) is 37.1. The van der Waals surface area contributed by atoms with E-state index in [2.05, 4.69) is 219 Å². The van der Waals surface area contributed by atoms with Crippen molar-refractivity contribution >= 4 is 5.91 Å². The molecule has 0 spiro atoms. The van der Waals surface area contributed by atoms with Crippen LogP contribution in [0.5, 0.6) is 0 Å².